The van der Waals surface area contributed by atoms with Crippen molar-refractivity contribution in [3.05, 3.63) is 0 Å². The first-order chi connectivity index (χ1) is 11.7. The minimum Gasteiger partial charge on any atom is -0.376 e. The van der Waals surface area contributed by atoms with E-state index in [2.05, 4.69) is 8.37 Å². The fourth-order valence-corrected chi connectivity index (χ4v) is 3.64. The van der Waals surface area contributed by atoms with Crippen molar-refractivity contribution in [1.29, 1.82) is 0 Å². The van der Waals surface area contributed by atoms with Gasteiger partial charge in [0.1, 0.15) is 24.4 Å². The van der Waals surface area contributed by atoms with Crippen LogP contribution < -0.4 is 4.72 Å². The number of methoxy groups -OCH3 is 2. The average molecular weight is 447 g/mol. The highest BCUT2D eigenvalue weighted by Gasteiger charge is 2.51. The molecule has 0 saturated carbocycles. The first-order valence-electron chi connectivity index (χ1n) is 6.40. The Hall–Kier alpha value is -0.510. The van der Waals surface area contributed by atoms with Crippen molar-refractivity contribution < 1.29 is 61.5 Å². The van der Waals surface area contributed by atoms with Gasteiger partial charge in [0.15, 0.2) is 6.29 Å². The van der Waals surface area contributed by atoms with E-state index in [1.54, 1.807) is 4.72 Å². The summed E-state index contributed by atoms with van der Waals surface area (Å²) in [5, 5.41) is 0. The van der Waals surface area contributed by atoms with E-state index in [0.29, 0.717) is 0 Å². The Morgan fingerprint density at radius 2 is 1.50 bits per heavy atom. The Bertz CT molecular complexity index is 775. The van der Waals surface area contributed by atoms with E-state index < -0.39 is 68.4 Å². The van der Waals surface area contributed by atoms with Crippen LogP contribution in [0.2, 0.25) is 0 Å². The van der Waals surface area contributed by atoms with Gasteiger partial charge >= 0.3 is 31.1 Å². The van der Waals surface area contributed by atoms with Crippen LogP contribution in [0.4, 0.5) is 0 Å². The number of rotatable bonds is 9. The highest BCUT2D eigenvalue weighted by atomic mass is 32.3. The zero-order chi connectivity index (χ0) is 20.3. The Kier molecular flexibility index (Phi) is 7.84. The van der Waals surface area contributed by atoms with Crippen LogP contribution in [0.15, 0.2) is 0 Å². The summed E-state index contributed by atoms with van der Waals surface area (Å²) in [6, 6.07) is -1.76. The zero-order valence-corrected chi connectivity index (χ0v) is 15.6. The standard InChI is InChI=1S/C8H17NO14S3/c1-19-6-4(3-21-25(13,14)15)22-8(20-2)5(9-24(10,11)12)7(6)23-26(16,17)18/h4-9H,3H2,1-2H3,(H,10,11,12)(H,13,14,15)(H,16,17,18)/t4-,5-,6-,7-,8+/m1/s1. The molecule has 0 aromatic rings. The van der Waals surface area contributed by atoms with E-state index >= 15 is 0 Å². The molecule has 0 aromatic heterocycles. The highest BCUT2D eigenvalue weighted by Crippen LogP contribution is 2.28. The van der Waals surface area contributed by atoms with Gasteiger partial charge in [-0.15, -0.1) is 0 Å². The van der Waals surface area contributed by atoms with Gasteiger partial charge < -0.3 is 14.2 Å². The lowest BCUT2D eigenvalue weighted by atomic mass is 9.97. The maximum atomic E-state index is 11.1. The van der Waals surface area contributed by atoms with E-state index in [1.165, 1.54) is 0 Å². The summed E-state index contributed by atoms with van der Waals surface area (Å²) in [5.74, 6) is 0. The summed E-state index contributed by atoms with van der Waals surface area (Å²) in [7, 11) is -13.0. The quantitative estimate of drug-likeness (QED) is 0.261. The van der Waals surface area contributed by atoms with Crippen molar-refractivity contribution in [2.24, 2.45) is 0 Å². The summed E-state index contributed by atoms with van der Waals surface area (Å²) in [4.78, 5) is 0. The number of ether oxygens (including phenoxy) is 3. The summed E-state index contributed by atoms with van der Waals surface area (Å²) < 4.78 is 117. The van der Waals surface area contributed by atoms with Crippen LogP contribution in [-0.4, -0.2) is 90.4 Å². The first kappa shape index (κ1) is 23.5. The van der Waals surface area contributed by atoms with Crippen LogP contribution in [0.5, 0.6) is 0 Å². The third-order valence-electron chi connectivity index (χ3n) is 3.05. The average Bonchev–Trinajstić information content (AvgIpc) is 2.43. The molecule has 1 aliphatic rings. The van der Waals surface area contributed by atoms with Crippen LogP contribution in [0.25, 0.3) is 0 Å². The molecule has 15 nitrogen and oxygen atoms in total. The molecular formula is C8H17NO14S3. The lowest BCUT2D eigenvalue weighted by molar-refractivity contribution is -0.259. The molecule has 1 aliphatic heterocycles. The predicted molar refractivity (Wildman–Crippen MR) is 78.9 cm³/mol. The summed E-state index contributed by atoms with van der Waals surface area (Å²) in [6.45, 7) is -0.916. The van der Waals surface area contributed by atoms with Gasteiger partial charge in [-0.2, -0.15) is 30.0 Å². The van der Waals surface area contributed by atoms with Crippen molar-refractivity contribution in [3.63, 3.8) is 0 Å². The van der Waals surface area contributed by atoms with Crippen molar-refractivity contribution in [3.8, 4) is 0 Å². The fraction of sp³-hybridized carbons (Fsp3) is 1.00. The van der Waals surface area contributed by atoms with Crippen molar-refractivity contribution in [2.45, 2.75) is 30.6 Å². The van der Waals surface area contributed by atoms with E-state index in [9.17, 15) is 25.3 Å². The van der Waals surface area contributed by atoms with Gasteiger partial charge in [0.25, 0.3) is 0 Å². The monoisotopic (exact) mass is 447 g/mol. The molecular weight excluding hydrogens is 430 g/mol. The molecule has 0 unspecified atom stereocenters. The number of hydrogen-bond donors (Lipinski definition) is 4. The van der Waals surface area contributed by atoms with Crippen LogP contribution in [0.1, 0.15) is 0 Å². The molecule has 0 bridgehead atoms. The third kappa shape index (κ3) is 7.62. The molecule has 0 amide bonds. The summed E-state index contributed by atoms with van der Waals surface area (Å²) in [5.41, 5.74) is 0. The molecule has 0 spiro atoms. The number of hydrogen-bond acceptors (Lipinski definition) is 11. The second-order valence-electron chi connectivity index (χ2n) is 4.80. The third-order valence-corrected chi connectivity index (χ3v) is 4.52. The normalized spacial score (nSPS) is 31.0. The van der Waals surface area contributed by atoms with Gasteiger partial charge in [-0.3, -0.25) is 13.7 Å². The molecule has 4 N–H and O–H groups in total. The smallest absolute Gasteiger partial charge is 0.376 e. The van der Waals surface area contributed by atoms with Gasteiger partial charge in [0, 0.05) is 14.2 Å². The molecule has 1 fully saturated rings. The zero-order valence-electron chi connectivity index (χ0n) is 13.2. The largest absolute Gasteiger partial charge is 0.397 e. The summed E-state index contributed by atoms with van der Waals surface area (Å²) in [6.07, 6.45) is -6.59. The molecule has 156 valence electrons. The Balaban J connectivity index is 3.26. The van der Waals surface area contributed by atoms with Crippen LogP contribution >= 0.6 is 0 Å². The molecule has 1 saturated heterocycles. The predicted octanol–water partition coefficient (Wildman–Crippen LogP) is -2.86. The maximum absolute atomic E-state index is 11.1. The first-order valence-corrected chi connectivity index (χ1v) is 10.6. The van der Waals surface area contributed by atoms with E-state index in [4.69, 9.17) is 27.9 Å². The molecule has 18 heteroatoms. The molecule has 0 aliphatic carbocycles. The Labute approximate surface area is 149 Å². The Morgan fingerprint density at radius 1 is 0.923 bits per heavy atom. The molecule has 1 heterocycles. The lowest BCUT2D eigenvalue weighted by Gasteiger charge is -2.43. The molecule has 5 atom stereocenters. The van der Waals surface area contributed by atoms with Crippen molar-refractivity contribution in [2.75, 3.05) is 20.8 Å². The highest BCUT2D eigenvalue weighted by molar-refractivity contribution is 7.83. The van der Waals surface area contributed by atoms with E-state index in [-0.39, 0.29) is 0 Å². The SMILES string of the molecule is CO[C@H]1O[C@H](COS(=O)(=O)O)[C@@H](OC)[C@H](OS(=O)(=O)O)[C@H]1NS(=O)(=O)O. The van der Waals surface area contributed by atoms with Gasteiger partial charge in [-0.1, -0.05) is 0 Å². The van der Waals surface area contributed by atoms with Gasteiger partial charge in [-0.05, 0) is 0 Å². The Morgan fingerprint density at radius 3 is 1.88 bits per heavy atom. The van der Waals surface area contributed by atoms with Crippen LogP contribution in [0.3, 0.4) is 0 Å². The van der Waals surface area contributed by atoms with E-state index in [0.717, 1.165) is 14.2 Å². The minimum absolute atomic E-state index is 0.916. The van der Waals surface area contributed by atoms with Gasteiger partial charge in [0.2, 0.25) is 0 Å². The van der Waals surface area contributed by atoms with Crippen molar-refractivity contribution in [1.82, 2.24) is 4.72 Å². The molecule has 0 radical (unpaired) electrons. The van der Waals surface area contributed by atoms with Crippen LogP contribution in [0, 0.1) is 0 Å². The second kappa shape index (κ2) is 8.67. The summed E-state index contributed by atoms with van der Waals surface area (Å²) >= 11 is 0. The molecule has 0 aromatic carbocycles. The van der Waals surface area contributed by atoms with Crippen molar-refractivity contribution >= 4 is 31.1 Å². The maximum Gasteiger partial charge on any atom is 0.397 e. The lowest BCUT2D eigenvalue weighted by Crippen LogP contribution is -2.66. The fourth-order valence-electron chi connectivity index (χ4n) is 2.23. The minimum atomic E-state index is -5.17. The second-order valence-corrected chi connectivity index (χ2v) is 8.12. The topological polar surface area (TPSA) is 221 Å². The van der Waals surface area contributed by atoms with Gasteiger partial charge in [-0.25, -0.2) is 8.37 Å². The van der Waals surface area contributed by atoms with E-state index in [1.807, 2.05) is 0 Å². The number of nitrogens with one attached hydrogen (secondary N) is 1. The van der Waals surface area contributed by atoms with Gasteiger partial charge in [0.05, 0.1) is 6.61 Å². The molecule has 1 rings (SSSR count). The molecule has 26 heavy (non-hydrogen) atoms. The van der Waals surface area contributed by atoms with Crippen LogP contribution in [-0.2, 0) is 53.7 Å².